The van der Waals surface area contributed by atoms with Crippen LogP contribution in [-0.4, -0.2) is 49.7 Å². The van der Waals surface area contributed by atoms with Crippen molar-refractivity contribution in [3.05, 3.63) is 40.9 Å². The van der Waals surface area contributed by atoms with Crippen LogP contribution in [0.4, 0.5) is 0 Å². The van der Waals surface area contributed by atoms with Gasteiger partial charge in [-0.15, -0.1) is 0 Å². The lowest BCUT2D eigenvalue weighted by atomic mass is 9.92. The van der Waals surface area contributed by atoms with Gasteiger partial charge < -0.3 is 10.1 Å². The summed E-state index contributed by atoms with van der Waals surface area (Å²) >= 11 is 6.43. The van der Waals surface area contributed by atoms with Crippen LogP contribution in [-0.2, 0) is 9.53 Å². The fourth-order valence-corrected chi connectivity index (χ4v) is 4.17. The van der Waals surface area contributed by atoms with Gasteiger partial charge in [0.1, 0.15) is 0 Å². The van der Waals surface area contributed by atoms with Crippen molar-refractivity contribution in [3.8, 4) is 0 Å². The highest BCUT2D eigenvalue weighted by Gasteiger charge is 2.21. The van der Waals surface area contributed by atoms with Crippen LogP contribution in [0.5, 0.6) is 0 Å². The molecule has 1 aromatic rings. The van der Waals surface area contributed by atoms with Crippen LogP contribution in [0.2, 0.25) is 0 Å². The molecule has 1 atom stereocenters. The second kappa shape index (κ2) is 10.8. The Balaban J connectivity index is 1.30. The average Bonchev–Trinajstić information content (AvgIpc) is 3.20. The summed E-state index contributed by atoms with van der Waals surface area (Å²) in [5.74, 6) is 0.813. The quantitative estimate of drug-likeness (QED) is 0.727. The third-order valence-corrected chi connectivity index (χ3v) is 5.76. The topological polar surface area (TPSA) is 41.6 Å². The second-order valence-electron chi connectivity index (χ2n) is 7.70. The van der Waals surface area contributed by atoms with E-state index in [-0.39, 0.29) is 12.0 Å². The van der Waals surface area contributed by atoms with Gasteiger partial charge in [-0.1, -0.05) is 41.9 Å². The van der Waals surface area contributed by atoms with Crippen molar-refractivity contribution in [2.75, 3.05) is 32.8 Å². The maximum absolute atomic E-state index is 12.0. The van der Waals surface area contributed by atoms with Crippen molar-refractivity contribution in [2.24, 2.45) is 5.92 Å². The normalized spacial score (nSPS) is 22.1. The smallest absolute Gasteiger partial charge is 0.220 e. The summed E-state index contributed by atoms with van der Waals surface area (Å²) in [4.78, 5) is 14.4. The monoisotopic (exact) mass is 390 g/mol. The highest BCUT2D eigenvalue weighted by atomic mass is 35.5. The molecule has 5 heteroatoms. The molecule has 2 saturated heterocycles. The molecular formula is C22H31ClN2O2. The standard InChI is InChI=1S/C22H31ClN2O2/c23-20(15-19-5-2-1-3-6-19)17-25-12-10-18(11-13-25)8-9-22(26)24-16-21-7-4-14-27-21/h1-3,5-6,15,18,21H,4,7-14,16-17H2,(H,24,26)/b20-15-. The molecule has 4 nitrogen and oxygen atoms in total. The van der Waals surface area contributed by atoms with Gasteiger partial charge >= 0.3 is 0 Å². The molecule has 148 valence electrons. The van der Waals surface area contributed by atoms with E-state index in [0.29, 0.717) is 18.9 Å². The van der Waals surface area contributed by atoms with Crippen molar-refractivity contribution < 1.29 is 9.53 Å². The predicted octanol–water partition coefficient (Wildman–Crippen LogP) is 4.05. The number of piperidine rings is 1. The van der Waals surface area contributed by atoms with E-state index in [1.165, 1.54) is 0 Å². The number of amides is 1. The Morgan fingerprint density at radius 3 is 2.70 bits per heavy atom. The van der Waals surface area contributed by atoms with Crippen molar-refractivity contribution >= 4 is 23.6 Å². The molecular weight excluding hydrogens is 360 g/mol. The first kappa shape index (κ1) is 20.4. The molecule has 2 aliphatic heterocycles. The summed E-state index contributed by atoms with van der Waals surface area (Å²) in [5.41, 5.74) is 1.14. The van der Waals surface area contributed by atoms with E-state index in [4.69, 9.17) is 16.3 Å². The molecule has 0 saturated carbocycles. The summed E-state index contributed by atoms with van der Waals surface area (Å²) in [6.45, 7) is 4.43. The third kappa shape index (κ3) is 7.28. The zero-order valence-corrected chi connectivity index (χ0v) is 16.8. The molecule has 3 rings (SSSR count). The van der Waals surface area contributed by atoms with Crippen LogP contribution in [0.3, 0.4) is 0 Å². The third-order valence-electron chi connectivity index (χ3n) is 5.54. The number of likely N-dealkylation sites (tertiary alicyclic amines) is 1. The van der Waals surface area contributed by atoms with Crippen LogP contribution in [0, 0.1) is 5.92 Å². The van der Waals surface area contributed by atoms with Gasteiger partial charge in [-0.3, -0.25) is 9.69 Å². The number of nitrogens with zero attached hydrogens (tertiary/aromatic N) is 1. The predicted molar refractivity (Wildman–Crippen MR) is 111 cm³/mol. The number of halogens is 1. The largest absolute Gasteiger partial charge is 0.376 e. The fourth-order valence-electron chi connectivity index (χ4n) is 3.88. The molecule has 0 radical (unpaired) electrons. The van der Waals surface area contributed by atoms with E-state index in [2.05, 4.69) is 22.3 Å². The number of carbonyl (C=O) groups is 1. The molecule has 0 spiro atoms. The van der Waals surface area contributed by atoms with Crippen molar-refractivity contribution in [1.82, 2.24) is 10.2 Å². The highest BCUT2D eigenvalue weighted by molar-refractivity contribution is 6.31. The minimum Gasteiger partial charge on any atom is -0.376 e. The fraction of sp³-hybridized carbons (Fsp3) is 0.591. The molecule has 1 N–H and O–H groups in total. The Morgan fingerprint density at radius 2 is 2.00 bits per heavy atom. The van der Waals surface area contributed by atoms with Crippen molar-refractivity contribution in [3.63, 3.8) is 0 Å². The van der Waals surface area contributed by atoms with Gasteiger partial charge in [0.2, 0.25) is 5.91 Å². The Hall–Kier alpha value is -1.36. The Kier molecular flexibility index (Phi) is 8.18. The Labute approximate surface area is 167 Å². The summed E-state index contributed by atoms with van der Waals surface area (Å²) in [6.07, 6.45) is 8.37. The number of hydrogen-bond acceptors (Lipinski definition) is 3. The van der Waals surface area contributed by atoms with Gasteiger partial charge in [-0.25, -0.2) is 0 Å². The van der Waals surface area contributed by atoms with E-state index < -0.39 is 0 Å². The van der Waals surface area contributed by atoms with Crippen molar-refractivity contribution in [2.45, 2.75) is 44.6 Å². The maximum Gasteiger partial charge on any atom is 0.220 e. The van der Waals surface area contributed by atoms with E-state index in [9.17, 15) is 4.79 Å². The van der Waals surface area contributed by atoms with Gasteiger partial charge in [0, 0.05) is 31.1 Å². The first-order valence-corrected chi connectivity index (χ1v) is 10.6. The zero-order chi connectivity index (χ0) is 18.9. The molecule has 27 heavy (non-hydrogen) atoms. The van der Waals surface area contributed by atoms with Gasteiger partial charge in [-0.05, 0) is 62.8 Å². The molecule has 0 bridgehead atoms. The Morgan fingerprint density at radius 1 is 1.22 bits per heavy atom. The molecule has 0 aliphatic carbocycles. The van der Waals surface area contributed by atoms with Gasteiger partial charge in [0.05, 0.1) is 6.10 Å². The summed E-state index contributed by atoms with van der Waals surface area (Å²) in [5, 5.41) is 3.91. The van der Waals surface area contributed by atoms with Crippen LogP contribution in [0.25, 0.3) is 6.08 Å². The number of nitrogens with one attached hydrogen (secondary N) is 1. The summed E-state index contributed by atoms with van der Waals surface area (Å²) in [6, 6.07) is 10.2. The van der Waals surface area contributed by atoms with Crippen LogP contribution in [0.1, 0.15) is 44.1 Å². The lowest BCUT2D eigenvalue weighted by Crippen LogP contribution is -2.35. The Bertz CT molecular complexity index is 606. The van der Waals surface area contributed by atoms with Crippen LogP contribution >= 0.6 is 11.6 Å². The minimum atomic E-state index is 0.168. The zero-order valence-electron chi connectivity index (χ0n) is 16.0. The molecule has 2 aliphatic rings. The van der Waals surface area contributed by atoms with Gasteiger partial charge in [0.15, 0.2) is 0 Å². The van der Waals surface area contributed by atoms with Crippen LogP contribution < -0.4 is 5.32 Å². The number of hydrogen-bond donors (Lipinski definition) is 1. The number of ether oxygens (including phenoxy) is 1. The van der Waals surface area contributed by atoms with Gasteiger partial charge in [-0.2, -0.15) is 0 Å². The molecule has 1 amide bonds. The first-order chi connectivity index (χ1) is 13.2. The SMILES string of the molecule is O=C(CCC1CCN(C/C(Cl)=C/c2ccccc2)CC1)NCC1CCCO1. The molecule has 2 fully saturated rings. The highest BCUT2D eigenvalue weighted by Crippen LogP contribution is 2.23. The van der Waals surface area contributed by atoms with Crippen molar-refractivity contribution in [1.29, 1.82) is 0 Å². The molecule has 2 heterocycles. The molecule has 1 aromatic carbocycles. The van der Waals surface area contributed by atoms with E-state index in [0.717, 1.165) is 68.9 Å². The summed E-state index contributed by atoms with van der Waals surface area (Å²) in [7, 11) is 0. The number of benzene rings is 1. The van der Waals surface area contributed by atoms with E-state index in [1.807, 2.05) is 24.3 Å². The molecule has 1 unspecified atom stereocenters. The lowest BCUT2D eigenvalue weighted by molar-refractivity contribution is -0.122. The van der Waals surface area contributed by atoms with E-state index in [1.54, 1.807) is 0 Å². The maximum atomic E-state index is 12.0. The minimum absolute atomic E-state index is 0.168. The average molecular weight is 391 g/mol. The van der Waals surface area contributed by atoms with Crippen LogP contribution in [0.15, 0.2) is 35.4 Å². The number of rotatable bonds is 8. The second-order valence-corrected chi connectivity index (χ2v) is 8.18. The number of carbonyl (C=O) groups excluding carboxylic acids is 1. The van der Waals surface area contributed by atoms with E-state index >= 15 is 0 Å². The lowest BCUT2D eigenvalue weighted by Gasteiger charge is -2.31. The first-order valence-electron chi connectivity index (χ1n) is 10.2. The summed E-state index contributed by atoms with van der Waals surface area (Å²) < 4.78 is 5.54. The van der Waals surface area contributed by atoms with Gasteiger partial charge in [0.25, 0.3) is 0 Å². The molecule has 0 aromatic heterocycles.